The van der Waals surface area contributed by atoms with Crippen molar-refractivity contribution in [3.05, 3.63) is 59.7 Å². The van der Waals surface area contributed by atoms with Crippen molar-refractivity contribution in [2.24, 2.45) is 4.99 Å². The Labute approximate surface area is 190 Å². The minimum atomic E-state index is -0.0571. The number of amides is 1. The quantitative estimate of drug-likeness (QED) is 0.450. The lowest BCUT2D eigenvalue weighted by molar-refractivity contribution is 0.0951. The fourth-order valence-corrected chi connectivity index (χ4v) is 3.72. The molecular formula is C24H34N6O2. The van der Waals surface area contributed by atoms with Gasteiger partial charge in [-0.1, -0.05) is 24.3 Å². The molecule has 0 atom stereocenters. The van der Waals surface area contributed by atoms with Gasteiger partial charge in [-0.3, -0.25) is 9.79 Å². The summed E-state index contributed by atoms with van der Waals surface area (Å²) in [5, 5.41) is 16.5. The summed E-state index contributed by atoms with van der Waals surface area (Å²) < 4.78 is 0. The van der Waals surface area contributed by atoms with Crippen molar-refractivity contribution in [2.45, 2.75) is 6.54 Å². The molecule has 0 unspecified atom stereocenters. The summed E-state index contributed by atoms with van der Waals surface area (Å²) in [6, 6.07) is 15.1. The van der Waals surface area contributed by atoms with Gasteiger partial charge in [-0.2, -0.15) is 0 Å². The zero-order chi connectivity index (χ0) is 22.9. The van der Waals surface area contributed by atoms with Crippen LogP contribution in [0.1, 0.15) is 15.9 Å². The van der Waals surface area contributed by atoms with Crippen LogP contribution in [0.15, 0.2) is 53.5 Å². The Bertz CT molecular complexity index is 922. The van der Waals surface area contributed by atoms with Gasteiger partial charge in [0.2, 0.25) is 0 Å². The van der Waals surface area contributed by atoms with Crippen molar-refractivity contribution >= 4 is 17.6 Å². The molecule has 2 aromatic rings. The highest BCUT2D eigenvalue weighted by Gasteiger charge is 2.21. The van der Waals surface area contributed by atoms with Crippen LogP contribution in [-0.2, 0) is 6.54 Å². The van der Waals surface area contributed by atoms with Crippen LogP contribution in [0, 0.1) is 0 Å². The second-order valence-electron chi connectivity index (χ2n) is 8.12. The van der Waals surface area contributed by atoms with Crippen LogP contribution in [0.4, 0.5) is 5.69 Å². The maximum Gasteiger partial charge on any atom is 0.251 e. The van der Waals surface area contributed by atoms with Gasteiger partial charge in [0.1, 0.15) is 5.75 Å². The van der Waals surface area contributed by atoms with Gasteiger partial charge in [-0.05, 0) is 43.9 Å². The van der Waals surface area contributed by atoms with E-state index in [1.54, 1.807) is 13.1 Å². The molecule has 8 heteroatoms. The average molecular weight is 439 g/mol. The van der Waals surface area contributed by atoms with E-state index in [9.17, 15) is 9.90 Å². The van der Waals surface area contributed by atoms with E-state index in [-0.39, 0.29) is 5.91 Å². The highest BCUT2D eigenvalue weighted by atomic mass is 16.3. The van der Waals surface area contributed by atoms with Crippen molar-refractivity contribution < 1.29 is 9.90 Å². The number of carbonyl (C=O) groups is 1. The van der Waals surface area contributed by atoms with Crippen molar-refractivity contribution in [3.63, 3.8) is 0 Å². The number of likely N-dealkylation sites (N-methyl/N-ethyl adjacent to an activating group) is 1. The number of aromatic hydroxyl groups is 1. The summed E-state index contributed by atoms with van der Waals surface area (Å²) in [6.45, 7) is 5.24. The van der Waals surface area contributed by atoms with E-state index in [1.165, 1.54) is 0 Å². The van der Waals surface area contributed by atoms with Crippen LogP contribution in [0.25, 0.3) is 0 Å². The molecule has 32 heavy (non-hydrogen) atoms. The van der Waals surface area contributed by atoms with Crippen molar-refractivity contribution in [3.8, 4) is 5.75 Å². The van der Waals surface area contributed by atoms with E-state index in [0.717, 1.165) is 49.9 Å². The molecule has 172 valence electrons. The van der Waals surface area contributed by atoms with E-state index in [0.29, 0.717) is 24.4 Å². The lowest BCUT2D eigenvalue weighted by atomic mass is 10.1. The van der Waals surface area contributed by atoms with Crippen molar-refractivity contribution in [2.75, 3.05) is 65.3 Å². The summed E-state index contributed by atoms with van der Waals surface area (Å²) in [7, 11) is 5.75. The summed E-state index contributed by atoms with van der Waals surface area (Å²) in [6.07, 6.45) is 0. The van der Waals surface area contributed by atoms with E-state index in [2.05, 4.69) is 25.4 Å². The maximum atomic E-state index is 12.4. The number of aliphatic imine (C=N–C) groups is 1. The smallest absolute Gasteiger partial charge is 0.251 e. The maximum absolute atomic E-state index is 12.4. The third-order valence-electron chi connectivity index (χ3n) is 5.50. The molecule has 1 saturated heterocycles. The SMILES string of the molecule is CN=C(NCc1cccc(C(=O)NCCN(C)C)c1)N1CCN(c2ccccc2O)CC1. The topological polar surface area (TPSA) is 83.4 Å². The molecule has 1 aliphatic rings. The van der Waals surface area contributed by atoms with Crippen molar-refractivity contribution in [1.82, 2.24) is 20.4 Å². The Morgan fingerprint density at radius 2 is 1.81 bits per heavy atom. The molecular weight excluding hydrogens is 404 g/mol. The number of piperazine rings is 1. The summed E-state index contributed by atoms with van der Waals surface area (Å²) in [5.41, 5.74) is 2.56. The molecule has 8 nitrogen and oxygen atoms in total. The van der Waals surface area contributed by atoms with Gasteiger partial charge in [0, 0.05) is 58.4 Å². The zero-order valence-corrected chi connectivity index (χ0v) is 19.2. The summed E-state index contributed by atoms with van der Waals surface area (Å²) >= 11 is 0. The minimum Gasteiger partial charge on any atom is -0.506 e. The molecule has 0 bridgehead atoms. The first-order valence-electron chi connectivity index (χ1n) is 11.0. The number of hydrogen-bond acceptors (Lipinski definition) is 5. The van der Waals surface area contributed by atoms with Gasteiger partial charge in [0.25, 0.3) is 5.91 Å². The van der Waals surface area contributed by atoms with Gasteiger partial charge in [-0.25, -0.2) is 0 Å². The van der Waals surface area contributed by atoms with Crippen LogP contribution in [0.3, 0.4) is 0 Å². The fraction of sp³-hybridized carbons (Fsp3) is 0.417. The molecule has 1 amide bonds. The predicted octanol–water partition coefficient (Wildman–Crippen LogP) is 1.58. The van der Waals surface area contributed by atoms with Gasteiger partial charge in [0.15, 0.2) is 5.96 Å². The zero-order valence-electron chi connectivity index (χ0n) is 19.2. The second-order valence-corrected chi connectivity index (χ2v) is 8.12. The largest absolute Gasteiger partial charge is 0.506 e. The number of phenols is 1. The molecule has 1 heterocycles. The number of nitrogens with zero attached hydrogens (tertiary/aromatic N) is 4. The number of rotatable bonds is 7. The first-order chi connectivity index (χ1) is 15.5. The van der Waals surface area contributed by atoms with E-state index in [1.807, 2.05) is 61.5 Å². The molecule has 0 spiro atoms. The number of phenolic OH excluding ortho intramolecular Hbond substituents is 1. The Hall–Kier alpha value is -3.26. The van der Waals surface area contributed by atoms with E-state index < -0.39 is 0 Å². The van der Waals surface area contributed by atoms with Crippen LogP contribution in [-0.4, -0.2) is 87.2 Å². The molecule has 0 saturated carbocycles. The fourth-order valence-electron chi connectivity index (χ4n) is 3.72. The second kappa shape index (κ2) is 11.4. The average Bonchev–Trinajstić information content (AvgIpc) is 2.80. The number of nitrogens with one attached hydrogen (secondary N) is 2. The normalized spacial score (nSPS) is 14.6. The molecule has 3 N–H and O–H groups in total. The number of para-hydroxylation sites is 2. The lowest BCUT2D eigenvalue weighted by Gasteiger charge is -2.37. The number of carbonyl (C=O) groups excluding carboxylic acids is 1. The molecule has 1 fully saturated rings. The van der Waals surface area contributed by atoms with Gasteiger partial charge < -0.3 is 30.4 Å². The number of guanidine groups is 1. The molecule has 0 aromatic heterocycles. The third kappa shape index (κ3) is 6.37. The van der Waals surface area contributed by atoms with Crippen LogP contribution in [0.5, 0.6) is 5.75 Å². The van der Waals surface area contributed by atoms with Gasteiger partial charge >= 0.3 is 0 Å². The number of anilines is 1. The number of benzene rings is 2. The monoisotopic (exact) mass is 438 g/mol. The molecule has 1 aliphatic heterocycles. The Morgan fingerprint density at radius 1 is 1.06 bits per heavy atom. The lowest BCUT2D eigenvalue weighted by Crippen LogP contribution is -2.52. The van der Waals surface area contributed by atoms with E-state index in [4.69, 9.17) is 0 Å². The Kier molecular flexibility index (Phi) is 8.33. The standard InChI is InChI=1S/C24H34N6O2/c1-25-24(30-15-13-29(14-16-30)21-9-4-5-10-22(21)31)27-18-19-7-6-8-20(17-19)23(32)26-11-12-28(2)3/h4-10,17,31H,11-16,18H2,1-3H3,(H,25,27)(H,26,32). The van der Waals surface area contributed by atoms with Crippen LogP contribution >= 0.6 is 0 Å². The first kappa shape index (κ1) is 23.4. The highest BCUT2D eigenvalue weighted by molar-refractivity contribution is 5.94. The first-order valence-corrected chi connectivity index (χ1v) is 11.0. The predicted molar refractivity (Wildman–Crippen MR) is 129 cm³/mol. The summed E-state index contributed by atoms with van der Waals surface area (Å²) in [5.74, 6) is 1.09. The Balaban J connectivity index is 1.52. The van der Waals surface area contributed by atoms with Gasteiger partial charge in [0.05, 0.1) is 5.69 Å². The molecule has 2 aromatic carbocycles. The molecule has 0 radical (unpaired) electrons. The Morgan fingerprint density at radius 3 is 2.50 bits per heavy atom. The summed E-state index contributed by atoms with van der Waals surface area (Å²) in [4.78, 5) is 23.3. The van der Waals surface area contributed by atoms with Gasteiger partial charge in [-0.15, -0.1) is 0 Å². The highest BCUT2D eigenvalue weighted by Crippen LogP contribution is 2.27. The molecule has 0 aliphatic carbocycles. The minimum absolute atomic E-state index is 0.0571. The molecule has 3 rings (SSSR count). The van der Waals surface area contributed by atoms with Crippen LogP contribution in [0.2, 0.25) is 0 Å². The van der Waals surface area contributed by atoms with E-state index >= 15 is 0 Å². The van der Waals surface area contributed by atoms with Crippen molar-refractivity contribution in [1.29, 1.82) is 0 Å². The number of hydrogen-bond donors (Lipinski definition) is 3. The van der Waals surface area contributed by atoms with Crippen LogP contribution < -0.4 is 15.5 Å². The third-order valence-corrected chi connectivity index (χ3v) is 5.50.